The molecule has 0 unspecified atom stereocenters. The van der Waals surface area contributed by atoms with E-state index >= 15 is 0 Å². The first-order valence-electron chi connectivity index (χ1n) is 9.27. The Balaban J connectivity index is 1.58. The van der Waals surface area contributed by atoms with Crippen LogP contribution in [-0.2, 0) is 6.54 Å². The van der Waals surface area contributed by atoms with Crippen molar-refractivity contribution in [2.24, 2.45) is 0 Å². The number of nitrogens with one attached hydrogen (secondary N) is 1. The SMILES string of the molecule is COc1ccc2ccccc2c1CNC(=O)c1nc(N2CCCC2)ncc1Cl. The fourth-order valence-electron chi connectivity index (χ4n) is 3.53. The number of halogens is 1. The molecule has 2 aromatic carbocycles. The van der Waals surface area contributed by atoms with Crippen molar-refractivity contribution in [2.45, 2.75) is 19.4 Å². The van der Waals surface area contributed by atoms with Crippen LogP contribution in [0.25, 0.3) is 10.8 Å². The largest absolute Gasteiger partial charge is 0.496 e. The third-order valence-corrected chi connectivity index (χ3v) is 5.26. The predicted octanol–water partition coefficient (Wildman–Crippen LogP) is 3.82. The van der Waals surface area contributed by atoms with Crippen molar-refractivity contribution in [1.29, 1.82) is 0 Å². The highest BCUT2D eigenvalue weighted by atomic mass is 35.5. The van der Waals surface area contributed by atoms with E-state index in [4.69, 9.17) is 16.3 Å². The van der Waals surface area contributed by atoms with Crippen LogP contribution in [0.4, 0.5) is 5.95 Å². The number of nitrogens with zero attached hydrogens (tertiary/aromatic N) is 3. The Labute approximate surface area is 168 Å². The number of carbonyl (C=O) groups is 1. The van der Waals surface area contributed by atoms with Gasteiger partial charge in [0.2, 0.25) is 5.95 Å². The lowest BCUT2D eigenvalue weighted by Crippen LogP contribution is -2.27. The van der Waals surface area contributed by atoms with Gasteiger partial charge in [-0.3, -0.25) is 4.79 Å². The van der Waals surface area contributed by atoms with Crippen LogP contribution in [0.15, 0.2) is 42.6 Å². The number of benzene rings is 2. The van der Waals surface area contributed by atoms with Gasteiger partial charge in [0.25, 0.3) is 5.91 Å². The Morgan fingerprint density at radius 2 is 2.00 bits per heavy atom. The Hall–Kier alpha value is -2.86. The molecular formula is C21H21ClN4O2. The molecule has 0 saturated carbocycles. The van der Waals surface area contributed by atoms with Gasteiger partial charge in [-0.05, 0) is 29.7 Å². The first-order chi connectivity index (χ1) is 13.7. The third kappa shape index (κ3) is 3.60. The van der Waals surface area contributed by atoms with E-state index in [-0.39, 0.29) is 16.6 Å². The van der Waals surface area contributed by atoms with Crippen molar-refractivity contribution in [2.75, 3.05) is 25.1 Å². The quantitative estimate of drug-likeness (QED) is 0.710. The maximum absolute atomic E-state index is 12.8. The number of hydrogen-bond acceptors (Lipinski definition) is 5. The monoisotopic (exact) mass is 396 g/mol. The standard InChI is InChI=1S/C21H21ClN4O2/c1-28-18-9-8-14-6-2-3-7-15(14)16(18)12-23-20(27)19-17(22)13-24-21(25-19)26-10-4-5-11-26/h2-3,6-9,13H,4-5,10-12H2,1H3,(H,23,27). The molecule has 1 fully saturated rings. The highest BCUT2D eigenvalue weighted by Crippen LogP contribution is 2.28. The molecular weight excluding hydrogens is 376 g/mol. The van der Waals surface area contributed by atoms with E-state index in [1.54, 1.807) is 7.11 Å². The van der Waals surface area contributed by atoms with Crippen LogP contribution in [0.1, 0.15) is 28.9 Å². The third-order valence-electron chi connectivity index (χ3n) is 4.98. The normalized spacial score (nSPS) is 13.7. The van der Waals surface area contributed by atoms with Crippen molar-refractivity contribution in [3.63, 3.8) is 0 Å². The highest BCUT2D eigenvalue weighted by Gasteiger charge is 2.20. The maximum Gasteiger partial charge on any atom is 0.271 e. The summed E-state index contributed by atoms with van der Waals surface area (Å²) in [6.07, 6.45) is 3.71. The molecule has 7 heteroatoms. The van der Waals surface area contributed by atoms with E-state index < -0.39 is 0 Å². The van der Waals surface area contributed by atoms with Gasteiger partial charge < -0.3 is 15.0 Å². The Morgan fingerprint density at radius 3 is 2.79 bits per heavy atom. The first-order valence-corrected chi connectivity index (χ1v) is 9.65. The summed E-state index contributed by atoms with van der Waals surface area (Å²) < 4.78 is 5.49. The minimum atomic E-state index is -0.331. The maximum atomic E-state index is 12.8. The van der Waals surface area contributed by atoms with Crippen LogP contribution in [0.5, 0.6) is 5.75 Å². The number of anilines is 1. The van der Waals surface area contributed by atoms with E-state index in [2.05, 4.69) is 20.2 Å². The van der Waals surface area contributed by atoms with Gasteiger partial charge in [-0.25, -0.2) is 9.97 Å². The lowest BCUT2D eigenvalue weighted by molar-refractivity contribution is 0.0946. The molecule has 1 saturated heterocycles. The van der Waals surface area contributed by atoms with Crippen LogP contribution in [0, 0.1) is 0 Å². The number of rotatable bonds is 5. The van der Waals surface area contributed by atoms with Gasteiger partial charge in [0.1, 0.15) is 5.75 Å². The summed E-state index contributed by atoms with van der Waals surface area (Å²) in [5.41, 5.74) is 1.11. The number of methoxy groups -OCH3 is 1. The van der Waals surface area contributed by atoms with Gasteiger partial charge in [0.15, 0.2) is 5.69 Å². The molecule has 6 nitrogen and oxygen atoms in total. The van der Waals surface area contributed by atoms with Gasteiger partial charge in [-0.15, -0.1) is 0 Å². The molecule has 1 aliphatic heterocycles. The van der Waals surface area contributed by atoms with Gasteiger partial charge in [0.05, 0.1) is 18.3 Å². The lowest BCUT2D eigenvalue weighted by Gasteiger charge is -2.16. The number of amides is 1. The van der Waals surface area contributed by atoms with Crippen LogP contribution in [0.3, 0.4) is 0 Å². The summed E-state index contributed by atoms with van der Waals surface area (Å²) in [4.78, 5) is 23.6. The van der Waals surface area contributed by atoms with Crippen molar-refractivity contribution in [1.82, 2.24) is 15.3 Å². The minimum absolute atomic E-state index is 0.192. The summed E-state index contributed by atoms with van der Waals surface area (Å²) in [5.74, 6) is 0.947. The summed E-state index contributed by atoms with van der Waals surface area (Å²) in [5, 5.41) is 5.29. The molecule has 1 amide bonds. The smallest absolute Gasteiger partial charge is 0.271 e. The molecule has 144 valence electrons. The number of aromatic nitrogens is 2. The molecule has 1 aliphatic rings. The average molecular weight is 397 g/mol. The summed E-state index contributed by atoms with van der Waals surface area (Å²) >= 11 is 6.20. The van der Waals surface area contributed by atoms with Crippen molar-refractivity contribution in [3.8, 4) is 5.75 Å². The summed E-state index contributed by atoms with van der Waals surface area (Å²) in [6, 6.07) is 11.9. The molecule has 1 N–H and O–H groups in total. The van der Waals surface area contributed by atoms with E-state index in [1.807, 2.05) is 36.4 Å². The summed E-state index contributed by atoms with van der Waals surface area (Å²) in [7, 11) is 1.62. The Morgan fingerprint density at radius 1 is 1.21 bits per heavy atom. The van der Waals surface area contributed by atoms with Gasteiger partial charge in [-0.2, -0.15) is 0 Å². The van der Waals surface area contributed by atoms with Crippen molar-refractivity contribution < 1.29 is 9.53 Å². The van der Waals surface area contributed by atoms with Crippen LogP contribution in [0.2, 0.25) is 5.02 Å². The molecule has 0 atom stereocenters. The molecule has 4 rings (SSSR count). The second kappa shape index (κ2) is 8.02. The second-order valence-corrected chi connectivity index (χ2v) is 7.12. The minimum Gasteiger partial charge on any atom is -0.496 e. The zero-order chi connectivity index (χ0) is 19.5. The first kappa shape index (κ1) is 18.5. The zero-order valence-corrected chi connectivity index (χ0v) is 16.4. The fourth-order valence-corrected chi connectivity index (χ4v) is 3.71. The van der Waals surface area contributed by atoms with Crippen LogP contribution < -0.4 is 15.0 Å². The van der Waals surface area contributed by atoms with Gasteiger partial charge in [-0.1, -0.05) is 41.9 Å². The number of hydrogen-bond donors (Lipinski definition) is 1. The van der Waals surface area contributed by atoms with Gasteiger partial charge >= 0.3 is 0 Å². The zero-order valence-electron chi connectivity index (χ0n) is 15.6. The Bertz CT molecular complexity index is 1020. The van der Waals surface area contributed by atoms with E-state index in [1.165, 1.54) is 6.20 Å². The molecule has 0 radical (unpaired) electrons. The van der Waals surface area contributed by atoms with Crippen molar-refractivity contribution in [3.05, 3.63) is 58.9 Å². The average Bonchev–Trinajstić information content (AvgIpc) is 3.27. The van der Waals surface area contributed by atoms with Crippen LogP contribution >= 0.6 is 11.6 Å². The Kier molecular flexibility index (Phi) is 5.30. The molecule has 1 aromatic heterocycles. The fraction of sp³-hybridized carbons (Fsp3) is 0.286. The van der Waals surface area contributed by atoms with E-state index in [9.17, 15) is 4.79 Å². The number of fused-ring (bicyclic) bond motifs is 1. The van der Waals surface area contributed by atoms with E-state index in [0.717, 1.165) is 48.0 Å². The topological polar surface area (TPSA) is 67.3 Å². The molecule has 28 heavy (non-hydrogen) atoms. The highest BCUT2D eigenvalue weighted by molar-refractivity contribution is 6.33. The lowest BCUT2D eigenvalue weighted by atomic mass is 10.0. The molecule has 0 aliphatic carbocycles. The van der Waals surface area contributed by atoms with Crippen LogP contribution in [-0.4, -0.2) is 36.1 Å². The second-order valence-electron chi connectivity index (χ2n) is 6.71. The molecule has 0 spiro atoms. The predicted molar refractivity (Wildman–Crippen MR) is 110 cm³/mol. The van der Waals surface area contributed by atoms with Crippen molar-refractivity contribution >= 4 is 34.2 Å². The molecule has 3 aromatic rings. The summed E-state index contributed by atoms with van der Waals surface area (Å²) in [6.45, 7) is 2.11. The number of ether oxygens (including phenoxy) is 1. The number of carbonyl (C=O) groups excluding carboxylic acids is 1. The van der Waals surface area contributed by atoms with E-state index in [0.29, 0.717) is 12.5 Å². The molecule has 0 bridgehead atoms. The van der Waals surface area contributed by atoms with Gasteiger partial charge in [0, 0.05) is 25.2 Å². The molecule has 2 heterocycles.